The highest BCUT2D eigenvalue weighted by Crippen LogP contribution is 2.50. The Morgan fingerprint density at radius 2 is 1.39 bits per heavy atom. The second-order valence-electron chi connectivity index (χ2n) is 15.5. The number of benzene rings is 5. The lowest BCUT2D eigenvalue weighted by molar-refractivity contribution is -0.127. The van der Waals surface area contributed by atoms with Crippen molar-refractivity contribution in [2.75, 3.05) is 47.1 Å². The van der Waals surface area contributed by atoms with Crippen molar-refractivity contribution < 1.29 is 37.0 Å². The van der Waals surface area contributed by atoms with Crippen LogP contribution in [0.3, 0.4) is 0 Å². The van der Waals surface area contributed by atoms with E-state index in [-0.39, 0.29) is 49.4 Å². The molecule has 1 aliphatic carbocycles. The first kappa shape index (κ1) is 40.1. The largest absolute Gasteiger partial charge is 0.497 e. The molecule has 0 spiro atoms. The van der Waals surface area contributed by atoms with Gasteiger partial charge in [0.1, 0.15) is 23.9 Å². The maximum Gasteiger partial charge on any atom is 0.409 e. The zero-order chi connectivity index (χ0) is 41.0. The molecule has 2 aliphatic heterocycles. The van der Waals surface area contributed by atoms with E-state index in [4.69, 9.17) is 18.9 Å². The molecule has 3 aliphatic rings. The molecule has 5 aromatic rings. The number of amides is 2. The SMILES string of the molecule is COCCCCC1(CNC(=O)[C@H]2C[C@@H](NS(=O)(=O)c3ccc(OC)cc3)CN(C(=O)OCC3c4ccccc4-c4ccccc43)C2)c2ccccc2Oc2ccccc21. The van der Waals surface area contributed by atoms with Crippen LogP contribution >= 0.6 is 0 Å². The number of piperidine rings is 1. The molecule has 2 heterocycles. The highest BCUT2D eigenvalue weighted by molar-refractivity contribution is 7.89. The number of hydrogen-bond acceptors (Lipinski definition) is 8. The van der Waals surface area contributed by atoms with Crippen LogP contribution < -0.4 is 19.5 Å². The average molecular weight is 816 g/mol. The summed E-state index contributed by atoms with van der Waals surface area (Å²) in [6.07, 6.45) is 1.95. The van der Waals surface area contributed by atoms with Crippen LogP contribution in [0, 0.1) is 5.92 Å². The molecule has 0 aromatic heterocycles. The second kappa shape index (κ2) is 17.3. The Morgan fingerprint density at radius 3 is 2.02 bits per heavy atom. The van der Waals surface area contributed by atoms with Crippen molar-refractivity contribution in [2.45, 2.75) is 48.0 Å². The first-order valence-electron chi connectivity index (χ1n) is 20.1. The van der Waals surface area contributed by atoms with E-state index in [0.717, 1.165) is 64.1 Å². The summed E-state index contributed by atoms with van der Waals surface area (Å²) in [5.41, 5.74) is 5.71. The first-order chi connectivity index (χ1) is 28.7. The number of nitrogens with one attached hydrogen (secondary N) is 2. The predicted molar refractivity (Wildman–Crippen MR) is 224 cm³/mol. The van der Waals surface area contributed by atoms with Crippen LogP contribution in [0.2, 0.25) is 0 Å². The van der Waals surface area contributed by atoms with Gasteiger partial charge in [0.2, 0.25) is 15.9 Å². The van der Waals surface area contributed by atoms with Gasteiger partial charge < -0.3 is 29.2 Å². The van der Waals surface area contributed by atoms with E-state index in [1.807, 2.05) is 60.7 Å². The lowest BCUT2D eigenvalue weighted by atomic mass is 9.69. The fourth-order valence-corrected chi connectivity index (χ4v) is 10.3. The van der Waals surface area contributed by atoms with Gasteiger partial charge in [-0.2, -0.15) is 0 Å². The van der Waals surface area contributed by atoms with Crippen molar-refractivity contribution in [3.05, 3.63) is 144 Å². The standard InChI is InChI=1S/C47H49N3O8S/c1-55-26-12-11-25-47(41-17-7-9-19-43(41)58-44-20-10-8-18-42(44)47)31-48-45(51)32-27-33(49-59(53,54)35-23-21-34(56-2)22-24-35)29-50(28-32)46(52)57-30-40-38-15-5-3-13-36(38)37-14-4-6-16-39(37)40/h3-10,13-24,32-33,40,49H,11-12,25-31H2,1-2H3,(H,48,51)/t32-,33+/m0/s1. The molecule has 59 heavy (non-hydrogen) atoms. The van der Waals surface area contributed by atoms with Gasteiger partial charge in [-0.15, -0.1) is 0 Å². The Hall–Kier alpha value is -5.69. The molecule has 1 fully saturated rings. The van der Waals surface area contributed by atoms with E-state index in [1.165, 1.54) is 24.1 Å². The monoisotopic (exact) mass is 815 g/mol. The molecule has 0 bridgehead atoms. The number of methoxy groups -OCH3 is 2. The fourth-order valence-electron chi connectivity index (χ4n) is 9.02. The third-order valence-electron chi connectivity index (χ3n) is 11.9. The molecule has 2 N–H and O–H groups in total. The normalized spacial score (nSPS) is 17.8. The molecule has 2 amide bonds. The average Bonchev–Trinajstić information content (AvgIpc) is 3.59. The van der Waals surface area contributed by atoms with Crippen LogP contribution in [0.1, 0.15) is 53.9 Å². The van der Waals surface area contributed by atoms with Gasteiger partial charge in [0.25, 0.3) is 0 Å². The Morgan fingerprint density at radius 1 is 0.780 bits per heavy atom. The third-order valence-corrected chi connectivity index (χ3v) is 13.4. The molecule has 11 nitrogen and oxygen atoms in total. The molecule has 0 unspecified atom stereocenters. The number of nitrogens with zero attached hydrogens (tertiary/aromatic N) is 1. The maximum absolute atomic E-state index is 14.5. The minimum atomic E-state index is -4.04. The molecule has 1 saturated heterocycles. The van der Waals surface area contributed by atoms with E-state index in [1.54, 1.807) is 19.2 Å². The van der Waals surface area contributed by atoms with Crippen molar-refractivity contribution >= 4 is 22.0 Å². The number of hydrogen-bond donors (Lipinski definition) is 2. The van der Waals surface area contributed by atoms with E-state index >= 15 is 0 Å². The van der Waals surface area contributed by atoms with Crippen LogP contribution in [-0.4, -0.2) is 78.4 Å². The van der Waals surface area contributed by atoms with E-state index in [9.17, 15) is 18.0 Å². The van der Waals surface area contributed by atoms with Crippen molar-refractivity contribution in [1.82, 2.24) is 14.9 Å². The second-order valence-corrected chi connectivity index (χ2v) is 17.2. The number of unbranched alkanes of at least 4 members (excludes halogenated alkanes) is 1. The number of carbonyl (C=O) groups is 2. The summed E-state index contributed by atoms with van der Waals surface area (Å²) in [6.45, 7) is 1.05. The number of para-hydroxylation sites is 2. The molecule has 306 valence electrons. The summed E-state index contributed by atoms with van der Waals surface area (Å²) in [6, 6.07) is 37.4. The summed E-state index contributed by atoms with van der Waals surface area (Å²) in [5, 5.41) is 3.28. The van der Waals surface area contributed by atoms with Gasteiger partial charge in [0.15, 0.2) is 0 Å². The number of ether oxygens (including phenoxy) is 4. The Kier molecular flexibility index (Phi) is 11.7. The topological polar surface area (TPSA) is 132 Å². The van der Waals surface area contributed by atoms with Gasteiger partial charge in [0, 0.05) is 61.9 Å². The van der Waals surface area contributed by atoms with Crippen LogP contribution in [0.25, 0.3) is 11.1 Å². The quantitative estimate of drug-likeness (QED) is 0.109. The Bertz CT molecular complexity index is 2330. The number of sulfonamides is 1. The third kappa shape index (κ3) is 8.17. The van der Waals surface area contributed by atoms with Crippen molar-refractivity contribution in [3.8, 4) is 28.4 Å². The van der Waals surface area contributed by atoms with Crippen LogP contribution in [0.15, 0.2) is 126 Å². The molecule has 12 heteroatoms. The summed E-state index contributed by atoms with van der Waals surface area (Å²) >= 11 is 0. The zero-order valence-corrected chi connectivity index (χ0v) is 34.1. The van der Waals surface area contributed by atoms with Gasteiger partial charge in [-0.25, -0.2) is 17.9 Å². The fraction of sp³-hybridized carbons (Fsp3) is 0.319. The highest BCUT2D eigenvalue weighted by Gasteiger charge is 2.43. The minimum absolute atomic E-state index is 0.0252. The van der Waals surface area contributed by atoms with E-state index in [0.29, 0.717) is 12.4 Å². The molecular weight excluding hydrogens is 767 g/mol. The lowest BCUT2D eigenvalue weighted by Crippen LogP contribution is -2.56. The van der Waals surface area contributed by atoms with E-state index in [2.05, 4.69) is 46.4 Å². The smallest absolute Gasteiger partial charge is 0.409 e. The van der Waals surface area contributed by atoms with Gasteiger partial charge in [-0.05, 0) is 84.3 Å². The summed E-state index contributed by atoms with van der Waals surface area (Å²) in [7, 11) is -0.837. The van der Waals surface area contributed by atoms with Crippen LogP contribution in [-0.2, 0) is 29.7 Å². The van der Waals surface area contributed by atoms with Crippen LogP contribution in [0.5, 0.6) is 17.2 Å². The van der Waals surface area contributed by atoms with Crippen molar-refractivity contribution in [2.24, 2.45) is 5.92 Å². The molecule has 0 radical (unpaired) electrons. The summed E-state index contributed by atoms with van der Waals surface area (Å²) in [4.78, 5) is 30.1. The number of rotatable bonds is 14. The predicted octanol–water partition coefficient (Wildman–Crippen LogP) is 7.64. The lowest BCUT2D eigenvalue weighted by Gasteiger charge is -2.41. The molecular formula is C47H49N3O8S. The van der Waals surface area contributed by atoms with Gasteiger partial charge in [-0.3, -0.25) is 4.79 Å². The zero-order valence-electron chi connectivity index (χ0n) is 33.3. The summed E-state index contributed by atoms with van der Waals surface area (Å²) < 4.78 is 53.3. The molecule has 5 aromatic carbocycles. The van der Waals surface area contributed by atoms with Crippen LogP contribution in [0.4, 0.5) is 4.79 Å². The Balaban J connectivity index is 1.05. The van der Waals surface area contributed by atoms with E-state index < -0.39 is 33.5 Å². The summed E-state index contributed by atoms with van der Waals surface area (Å²) in [5.74, 6) is 0.797. The molecule has 0 saturated carbocycles. The molecule has 2 atom stereocenters. The first-order valence-corrected chi connectivity index (χ1v) is 21.6. The van der Waals surface area contributed by atoms with Gasteiger partial charge >= 0.3 is 6.09 Å². The highest BCUT2D eigenvalue weighted by atomic mass is 32.2. The molecule has 8 rings (SSSR count). The Labute approximate surface area is 345 Å². The van der Waals surface area contributed by atoms with Gasteiger partial charge in [-0.1, -0.05) is 84.9 Å². The van der Waals surface area contributed by atoms with Crippen molar-refractivity contribution in [3.63, 3.8) is 0 Å². The minimum Gasteiger partial charge on any atom is -0.497 e. The number of carbonyl (C=O) groups excluding carboxylic acids is 2. The van der Waals surface area contributed by atoms with Gasteiger partial charge in [0.05, 0.1) is 17.9 Å². The number of likely N-dealkylation sites (tertiary alicyclic amines) is 1. The number of fused-ring (bicyclic) bond motifs is 5. The van der Waals surface area contributed by atoms with Crippen molar-refractivity contribution in [1.29, 1.82) is 0 Å². The maximum atomic E-state index is 14.5.